The topological polar surface area (TPSA) is 156 Å². The maximum Gasteiger partial charge on any atom is 0.421 e. The monoisotopic (exact) mass is 296 g/mol. The molecule has 0 aromatic carbocycles. The van der Waals surface area contributed by atoms with Gasteiger partial charge < -0.3 is 35.0 Å². The standard InChI is InChI=1S/2C5H5NO2.B2H4O3/c2*7-4-2-1-3-6-5(4)8;3-1-5-2-4/h2*1-3,7H,(H,6,8);1-4H. The molecule has 0 aliphatic rings. The second kappa shape index (κ2) is 11.3. The van der Waals surface area contributed by atoms with Gasteiger partial charge in [-0.3, -0.25) is 0 Å². The molecule has 0 saturated heterocycles. The van der Waals surface area contributed by atoms with E-state index >= 15 is 0 Å². The highest BCUT2D eigenvalue weighted by atomic mass is 16.5. The predicted octanol–water partition coefficient (Wildman–Crippen LogP) is -1.49. The fourth-order valence-electron chi connectivity index (χ4n) is 0.818. The first-order valence-electron chi connectivity index (χ1n) is 5.48. The molecule has 0 aliphatic heterocycles. The number of aromatic nitrogens is 2. The number of rotatable bonds is 2. The lowest BCUT2D eigenvalue weighted by atomic mass is 10.3. The van der Waals surface area contributed by atoms with Crippen LogP contribution in [0.1, 0.15) is 0 Å². The van der Waals surface area contributed by atoms with Gasteiger partial charge in [0.05, 0.1) is 0 Å². The molecule has 0 atom stereocenters. The van der Waals surface area contributed by atoms with Gasteiger partial charge in [-0.15, -0.1) is 0 Å². The lowest BCUT2D eigenvalue weighted by Gasteiger charge is -1.89. The first-order chi connectivity index (χ1) is 10.0. The Kier molecular flexibility index (Phi) is 10.0. The van der Waals surface area contributed by atoms with Crippen LogP contribution in [0.5, 0.6) is 23.3 Å². The smallest absolute Gasteiger partial charge is 0.421 e. The van der Waals surface area contributed by atoms with Crippen molar-refractivity contribution in [3.63, 3.8) is 0 Å². The van der Waals surface area contributed by atoms with E-state index in [-0.39, 0.29) is 23.3 Å². The average molecular weight is 296 g/mol. The normalized spacial score (nSPS) is 8.48. The highest BCUT2D eigenvalue weighted by molar-refractivity contribution is 6.32. The van der Waals surface area contributed by atoms with Crippen molar-refractivity contribution in [1.82, 2.24) is 9.97 Å². The Labute approximate surface area is 121 Å². The molecule has 0 amide bonds. The number of hydrogen-bond acceptors (Lipinski definition) is 9. The Morgan fingerprint density at radius 1 is 0.762 bits per heavy atom. The van der Waals surface area contributed by atoms with Crippen LogP contribution in [-0.2, 0) is 4.57 Å². The Balaban J connectivity index is 0.000000296. The molecule has 2 heterocycles. The molecular formula is C10H14B2N2O7. The summed E-state index contributed by atoms with van der Waals surface area (Å²) in [4.78, 5) is 6.77. The fourth-order valence-corrected chi connectivity index (χ4v) is 0.818. The van der Waals surface area contributed by atoms with Gasteiger partial charge in [0.15, 0.2) is 11.5 Å². The Bertz CT molecular complexity index is 431. The summed E-state index contributed by atoms with van der Waals surface area (Å²) in [6.45, 7) is 0. The van der Waals surface area contributed by atoms with Crippen molar-refractivity contribution in [2.24, 2.45) is 0 Å². The van der Waals surface area contributed by atoms with E-state index in [0.717, 1.165) is 0 Å². The van der Waals surface area contributed by atoms with E-state index in [1.165, 1.54) is 36.7 Å². The predicted molar refractivity (Wildman–Crippen MR) is 75.0 cm³/mol. The molecule has 112 valence electrons. The summed E-state index contributed by atoms with van der Waals surface area (Å²) in [5.74, 6) is -1.03. The highest BCUT2D eigenvalue weighted by Gasteiger charge is 1.93. The molecule has 9 nitrogen and oxygen atoms in total. The Hall–Kier alpha value is -2.49. The minimum Gasteiger partial charge on any atom is -0.503 e. The third kappa shape index (κ3) is 9.10. The molecule has 2 aromatic rings. The van der Waals surface area contributed by atoms with E-state index in [9.17, 15) is 0 Å². The van der Waals surface area contributed by atoms with Crippen LogP contribution in [0.4, 0.5) is 0 Å². The summed E-state index contributed by atoms with van der Waals surface area (Å²) in [6.07, 6.45) is 2.80. The fraction of sp³-hybridized carbons (Fsp3) is 0. The van der Waals surface area contributed by atoms with Gasteiger partial charge >= 0.3 is 15.4 Å². The van der Waals surface area contributed by atoms with Gasteiger partial charge in [0.2, 0.25) is 0 Å². The van der Waals surface area contributed by atoms with Crippen LogP contribution in [-0.4, -0.2) is 55.8 Å². The molecule has 21 heavy (non-hydrogen) atoms. The van der Waals surface area contributed by atoms with Crippen LogP contribution >= 0.6 is 0 Å². The lowest BCUT2D eigenvalue weighted by molar-refractivity contribution is 0.389. The largest absolute Gasteiger partial charge is 0.503 e. The summed E-state index contributed by atoms with van der Waals surface area (Å²) in [5.41, 5.74) is 0. The van der Waals surface area contributed by atoms with E-state index < -0.39 is 15.4 Å². The quantitative estimate of drug-likeness (QED) is 0.363. The van der Waals surface area contributed by atoms with Gasteiger partial charge in [0.1, 0.15) is 0 Å². The minimum absolute atomic E-state index is 0.187. The van der Waals surface area contributed by atoms with Crippen LogP contribution in [0.15, 0.2) is 36.7 Å². The van der Waals surface area contributed by atoms with Crippen molar-refractivity contribution in [2.75, 3.05) is 0 Å². The molecule has 11 heteroatoms. The molecule has 0 aliphatic carbocycles. The summed E-state index contributed by atoms with van der Waals surface area (Å²) < 4.78 is 3.94. The van der Waals surface area contributed by atoms with Gasteiger partial charge in [0, 0.05) is 12.4 Å². The van der Waals surface area contributed by atoms with Crippen LogP contribution in [0.25, 0.3) is 0 Å². The van der Waals surface area contributed by atoms with Crippen LogP contribution in [0, 0.1) is 0 Å². The van der Waals surface area contributed by atoms with Crippen molar-refractivity contribution in [2.45, 2.75) is 0 Å². The molecule has 2 aromatic heterocycles. The van der Waals surface area contributed by atoms with E-state index in [1.807, 2.05) is 0 Å². The zero-order chi connectivity index (χ0) is 16.1. The Morgan fingerprint density at radius 2 is 1.14 bits per heavy atom. The molecule has 6 N–H and O–H groups in total. The lowest BCUT2D eigenvalue weighted by Crippen LogP contribution is -2.00. The van der Waals surface area contributed by atoms with E-state index in [2.05, 4.69) is 14.5 Å². The molecule has 0 bridgehead atoms. The Morgan fingerprint density at radius 3 is 1.29 bits per heavy atom. The number of nitrogens with zero attached hydrogens (tertiary/aromatic N) is 2. The van der Waals surface area contributed by atoms with E-state index in [4.69, 9.17) is 30.5 Å². The summed E-state index contributed by atoms with van der Waals surface area (Å²) in [5, 5.41) is 49.7. The molecule has 0 radical (unpaired) electrons. The summed E-state index contributed by atoms with van der Waals surface area (Å²) in [6, 6.07) is 5.80. The first kappa shape index (κ1) is 18.5. The van der Waals surface area contributed by atoms with Crippen molar-refractivity contribution in [3.8, 4) is 23.3 Å². The van der Waals surface area contributed by atoms with Crippen LogP contribution in [0.3, 0.4) is 0 Å². The summed E-state index contributed by atoms with van der Waals surface area (Å²) >= 11 is 0. The van der Waals surface area contributed by atoms with Crippen molar-refractivity contribution < 1.29 is 35.0 Å². The average Bonchev–Trinajstić information content (AvgIpc) is 2.48. The maximum atomic E-state index is 8.61. The van der Waals surface area contributed by atoms with E-state index in [0.29, 0.717) is 0 Å². The first-order valence-corrected chi connectivity index (χ1v) is 5.48. The second-order valence-corrected chi connectivity index (χ2v) is 3.15. The minimum atomic E-state index is -0.406. The zero-order valence-electron chi connectivity index (χ0n) is 10.9. The molecule has 0 saturated carbocycles. The van der Waals surface area contributed by atoms with Crippen LogP contribution in [0.2, 0.25) is 0 Å². The molecule has 0 fully saturated rings. The van der Waals surface area contributed by atoms with Crippen molar-refractivity contribution >= 4 is 15.4 Å². The molecular weight excluding hydrogens is 282 g/mol. The molecule has 0 spiro atoms. The van der Waals surface area contributed by atoms with E-state index in [1.54, 1.807) is 0 Å². The van der Waals surface area contributed by atoms with Crippen LogP contribution < -0.4 is 0 Å². The third-order valence-corrected chi connectivity index (χ3v) is 1.71. The summed E-state index contributed by atoms with van der Waals surface area (Å²) in [7, 11) is -0.812. The van der Waals surface area contributed by atoms with Crippen molar-refractivity contribution in [3.05, 3.63) is 36.7 Å². The van der Waals surface area contributed by atoms with Gasteiger partial charge in [0.25, 0.3) is 11.8 Å². The second-order valence-electron chi connectivity index (χ2n) is 3.15. The van der Waals surface area contributed by atoms with Gasteiger partial charge in [-0.25, -0.2) is 9.97 Å². The maximum absolute atomic E-state index is 8.61. The number of hydrogen-bond donors (Lipinski definition) is 6. The molecule has 0 unspecified atom stereocenters. The van der Waals surface area contributed by atoms with Gasteiger partial charge in [-0.2, -0.15) is 0 Å². The van der Waals surface area contributed by atoms with Gasteiger partial charge in [-0.05, 0) is 24.3 Å². The molecule has 2 rings (SSSR count). The SMILES string of the molecule is OBOBO.Oc1cccnc1O.Oc1cccnc1O. The number of aromatic hydroxyl groups is 4. The highest BCUT2D eigenvalue weighted by Crippen LogP contribution is 2.18. The number of pyridine rings is 2. The third-order valence-electron chi connectivity index (χ3n) is 1.71. The van der Waals surface area contributed by atoms with Crippen molar-refractivity contribution in [1.29, 1.82) is 0 Å². The zero-order valence-corrected chi connectivity index (χ0v) is 10.9. The van der Waals surface area contributed by atoms with Gasteiger partial charge in [-0.1, -0.05) is 0 Å².